The molecule has 0 saturated heterocycles. The van der Waals surface area contributed by atoms with E-state index < -0.39 is 12.1 Å². The number of fused-ring (bicyclic) bond motifs is 1. The van der Waals surface area contributed by atoms with Crippen molar-refractivity contribution >= 4 is 35.0 Å². The molecular weight excluding hydrogens is 388 g/mol. The Balaban J connectivity index is 1.84. The normalized spacial score (nSPS) is 15.0. The fraction of sp³-hybridized carbons (Fsp3) is 0.368. The number of benzene rings is 1. The number of hydrogen-bond acceptors (Lipinski definition) is 6. The summed E-state index contributed by atoms with van der Waals surface area (Å²) in [6.07, 6.45) is 0.353. The molecule has 0 bridgehead atoms. The molecule has 0 saturated carbocycles. The van der Waals surface area contributed by atoms with E-state index in [1.165, 1.54) is 23.3 Å². The van der Waals surface area contributed by atoms with Gasteiger partial charge < -0.3 is 14.4 Å². The average Bonchev–Trinajstić information content (AvgIpc) is 3.04. The van der Waals surface area contributed by atoms with Crippen LogP contribution < -0.4 is 4.74 Å². The molecule has 6 nitrogen and oxygen atoms in total. The van der Waals surface area contributed by atoms with Gasteiger partial charge in [0.05, 0.1) is 7.11 Å². The molecule has 0 N–H and O–H groups in total. The number of nitrogens with zero attached hydrogens (tertiary/aromatic N) is 2. The van der Waals surface area contributed by atoms with Crippen LogP contribution in [0.2, 0.25) is 5.02 Å². The number of rotatable bonds is 4. The first kappa shape index (κ1) is 19.7. The quantitative estimate of drug-likeness (QED) is 0.721. The molecule has 1 aromatic carbocycles. The van der Waals surface area contributed by atoms with Crippen molar-refractivity contribution in [2.45, 2.75) is 19.0 Å². The maximum atomic E-state index is 12.5. The van der Waals surface area contributed by atoms with E-state index in [4.69, 9.17) is 21.1 Å². The van der Waals surface area contributed by atoms with Crippen LogP contribution in [-0.4, -0.2) is 49.6 Å². The van der Waals surface area contributed by atoms with Gasteiger partial charge in [0.25, 0.3) is 0 Å². The Kier molecular flexibility index (Phi) is 6.04. The number of methoxy groups -OCH3 is 1. The van der Waals surface area contributed by atoms with Crippen LogP contribution in [0, 0.1) is 0 Å². The first-order valence-corrected chi connectivity index (χ1v) is 9.67. The van der Waals surface area contributed by atoms with Crippen LogP contribution in [0.1, 0.15) is 22.0 Å². The van der Waals surface area contributed by atoms with E-state index in [9.17, 15) is 9.59 Å². The van der Waals surface area contributed by atoms with Gasteiger partial charge in [0.2, 0.25) is 0 Å². The Morgan fingerprint density at radius 1 is 1.30 bits per heavy atom. The van der Waals surface area contributed by atoms with E-state index in [2.05, 4.69) is 0 Å². The van der Waals surface area contributed by atoms with Gasteiger partial charge in [-0.3, -0.25) is 4.90 Å². The van der Waals surface area contributed by atoms with Crippen molar-refractivity contribution in [3.05, 3.63) is 51.4 Å². The summed E-state index contributed by atoms with van der Waals surface area (Å²) in [7, 11) is 4.66. The molecule has 144 valence electrons. The van der Waals surface area contributed by atoms with Gasteiger partial charge in [-0.1, -0.05) is 29.8 Å². The van der Waals surface area contributed by atoms with Crippen LogP contribution in [0.3, 0.4) is 0 Å². The highest BCUT2D eigenvalue weighted by Crippen LogP contribution is 2.37. The van der Waals surface area contributed by atoms with Gasteiger partial charge in [0.1, 0.15) is 6.04 Å². The summed E-state index contributed by atoms with van der Waals surface area (Å²) in [5.74, 6) is -0.346. The van der Waals surface area contributed by atoms with Crippen molar-refractivity contribution in [3.63, 3.8) is 0 Å². The van der Waals surface area contributed by atoms with E-state index in [-0.39, 0.29) is 5.97 Å². The van der Waals surface area contributed by atoms with Crippen LogP contribution >= 0.6 is 22.9 Å². The Bertz CT molecular complexity index is 852. The molecule has 0 unspecified atom stereocenters. The molecule has 1 atom stereocenters. The van der Waals surface area contributed by atoms with E-state index in [0.29, 0.717) is 23.2 Å². The zero-order valence-electron chi connectivity index (χ0n) is 15.4. The number of carbonyl (C=O) groups excluding carboxylic acids is 2. The van der Waals surface area contributed by atoms with Crippen molar-refractivity contribution < 1.29 is 19.1 Å². The highest BCUT2D eigenvalue weighted by atomic mass is 35.5. The molecule has 1 amide bonds. The predicted molar refractivity (Wildman–Crippen MR) is 104 cm³/mol. The number of hydrogen-bond donors (Lipinski definition) is 0. The second-order valence-electron chi connectivity index (χ2n) is 6.44. The van der Waals surface area contributed by atoms with Gasteiger partial charge in [-0.15, -0.1) is 11.3 Å². The lowest BCUT2D eigenvalue weighted by molar-refractivity contribution is -0.147. The lowest BCUT2D eigenvalue weighted by Crippen LogP contribution is -2.38. The molecule has 0 fully saturated rings. The number of halogens is 1. The van der Waals surface area contributed by atoms with Crippen LogP contribution in [0.4, 0.5) is 4.79 Å². The first-order chi connectivity index (χ1) is 12.9. The number of thiophene rings is 1. The topological polar surface area (TPSA) is 59.1 Å². The highest BCUT2D eigenvalue weighted by Gasteiger charge is 2.33. The zero-order valence-corrected chi connectivity index (χ0v) is 17.0. The zero-order chi connectivity index (χ0) is 19.6. The third-order valence-corrected chi connectivity index (χ3v) is 5.88. The van der Waals surface area contributed by atoms with E-state index >= 15 is 0 Å². The molecular formula is C19H21ClN2O4S. The van der Waals surface area contributed by atoms with Crippen molar-refractivity contribution in [2.24, 2.45) is 0 Å². The molecule has 0 aliphatic carbocycles. The van der Waals surface area contributed by atoms with Gasteiger partial charge in [-0.2, -0.15) is 0 Å². The standard InChI is InChI=1S/C19H21ClN2O4S/c1-21(2)19(24)26-16-10-12-11-22(9-8-15(12)27-16)17(18(23)25-3)13-6-4-5-7-14(13)20/h4-7,10,17H,8-9,11H2,1-3H3/t17-/m1/s1. The maximum Gasteiger partial charge on any atom is 0.415 e. The molecule has 8 heteroatoms. The van der Waals surface area contributed by atoms with Crippen LogP contribution in [0.25, 0.3) is 0 Å². The number of carbonyl (C=O) groups is 2. The second-order valence-corrected chi connectivity index (χ2v) is 7.95. The molecule has 0 spiro atoms. The lowest BCUT2D eigenvalue weighted by Gasteiger charge is -2.33. The Morgan fingerprint density at radius 3 is 2.70 bits per heavy atom. The maximum absolute atomic E-state index is 12.5. The summed E-state index contributed by atoms with van der Waals surface area (Å²) in [5.41, 5.74) is 1.78. The fourth-order valence-electron chi connectivity index (χ4n) is 3.06. The van der Waals surface area contributed by atoms with Gasteiger partial charge in [0, 0.05) is 37.1 Å². The monoisotopic (exact) mass is 408 g/mol. The lowest BCUT2D eigenvalue weighted by atomic mass is 10.0. The molecule has 1 aliphatic rings. The third kappa shape index (κ3) is 4.26. The van der Waals surface area contributed by atoms with E-state index in [1.807, 2.05) is 29.2 Å². The summed E-state index contributed by atoms with van der Waals surface area (Å²) in [6, 6.07) is 8.59. The molecule has 1 aromatic heterocycles. The molecule has 3 rings (SSSR count). The summed E-state index contributed by atoms with van der Waals surface area (Å²) in [5, 5.41) is 1.09. The van der Waals surface area contributed by atoms with Crippen LogP contribution in [-0.2, 0) is 22.5 Å². The second kappa shape index (κ2) is 8.29. The molecule has 2 heterocycles. The fourth-order valence-corrected chi connectivity index (χ4v) is 4.30. The summed E-state index contributed by atoms with van der Waals surface area (Å²) < 4.78 is 10.4. The minimum Gasteiger partial charge on any atom is -0.468 e. The predicted octanol–water partition coefficient (Wildman–Crippen LogP) is 3.73. The molecule has 0 radical (unpaired) electrons. The van der Waals surface area contributed by atoms with Crippen molar-refractivity contribution in [2.75, 3.05) is 27.7 Å². The average molecular weight is 409 g/mol. The van der Waals surface area contributed by atoms with Gasteiger partial charge >= 0.3 is 12.1 Å². The first-order valence-electron chi connectivity index (χ1n) is 8.47. The van der Waals surface area contributed by atoms with Gasteiger partial charge in [-0.25, -0.2) is 9.59 Å². The van der Waals surface area contributed by atoms with Gasteiger partial charge in [0.15, 0.2) is 5.06 Å². The van der Waals surface area contributed by atoms with E-state index in [1.54, 1.807) is 20.2 Å². The van der Waals surface area contributed by atoms with Crippen molar-refractivity contribution in [1.82, 2.24) is 9.80 Å². The summed E-state index contributed by atoms with van der Waals surface area (Å²) in [4.78, 5) is 28.9. The largest absolute Gasteiger partial charge is 0.468 e. The molecule has 27 heavy (non-hydrogen) atoms. The van der Waals surface area contributed by atoms with Crippen molar-refractivity contribution in [1.29, 1.82) is 0 Å². The summed E-state index contributed by atoms with van der Waals surface area (Å²) >= 11 is 7.81. The van der Waals surface area contributed by atoms with Gasteiger partial charge in [-0.05, 0) is 29.7 Å². The summed E-state index contributed by atoms with van der Waals surface area (Å²) in [6.45, 7) is 1.23. The smallest absolute Gasteiger partial charge is 0.415 e. The van der Waals surface area contributed by atoms with Crippen LogP contribution in [0.5, 0.6) is 5.06 Å². The number of ether oxygens (including phenoxy) is 2. The minimum absolute atomic E-state index is 0.346. The highest BCUT2D eigenvalue weighted by molar-refractivity contribution is 7.14. The SMILES string of the molecule is COC(=O)[C@@H](c1ccccc1Cl)N1CCc2sc(OC(=O)N(C)C)cc2C1. The Labute approximate surface area is 167 Å². The van der Waals surface area contributed by atoms with E-state index in [0.717, 1.165) is 22.4 Å². The number of amides is 1. The Morgan fingerprint density at radius 2 is 2.04 bits per heavy atom. The molecule has 2 aromatic rings. The third-order valence-electron chi connectivity index (χ3n) is 4.42. The van der Waals surface area contributed by atoms with Crippen molar-refractivity contribution in [3.8, 4) is 5.06 Å². The molecule has 1 aliphatic heterocycles. The minimum atomic E-state index is -0.579. The van der Waals surface area contributed by atoms with Crippen LogP contribution in [0.15, 0.2) is 30.3 Å². The Hall–Kier alpha value is -2.09. The number of esters is 1.